The summed E-state index contributed by atoms with van der Waals surface area (Å²) in [5.41, 5.74) is 2.41. The summed E-state index contributed by atoms with van der Waals surface area (Å²) in [6.07, 6.45) is 6.17. The standard InChI is InChI=1S/C19H19N5O3S2/c1-2-27-18(26)15-12-4-3-5-13(12)29-17(15)21-14(25)10-28-19-22-16(23-24-19)11-6-8-20-9-7-11/h6-9H,2-5,10H2,1H3,(H,21,25)(H,22,23,24). The van der Waals surface area contributed by atoms with Crippen molar-refractivity contribution in [2.75, 3.05) is 17.7 Å². The van der Waals surface area contributed by atoms with Gasteiger partial charge in [-0.3, -0.25) is 14.9 Å². The zero-order valence-corrected chi connectivity index (χ0v) is 17.4. The molecule has 0 atom stereocenters. The average molecular weight is 430 g/mol. The Morgan fingerprint density at radius 2 is 2.14 bits per heavy atom. The molecule has 10 heteroatoms. The lowest BCUT2D eigenvalue weighted by atomic mass is 10.1. The number of esters is 1. The van der Waals surface area contributed by atoms with Gasteiger partial charge >= 0.3 is 5.97 Å². The van der Waals surface area contributed by atoms with Crippen LogP contribution in [0.15, 0.2) is 29.7 Å². The maximum absolute atomic E-state index is 12.5. The number of hydrogen-bond donors (Lipinski definition) is 2. The van der Waals surface area contributed by atoms with Crippen LogP contribution >= 0.6 is 23.1 Å². The van der Waals surface area contributed by atoms with Crippen LogP contribution in [0, 0.1) is 0 Å². The van der Waals surface area contributed by atoms with Gasteiger partial charge in [-0.1, -0.05) is 11.8 Å². The molecule has 1 aliphatic carbocycles. The number of amides is 1. The average Bonchev–Trinajstić information content (AvgIpc) is 3.43. The van der Waals surface area contributed by atoms with E-state index >= 15 is 0 Å². The SMILES string of the molecule is CCOC(=O)c1c(NC(=O)CSc2n[nH]c(-c3ccncc3)n2)sc2c1CCC2. The highest BCUT2D eigenvalue weighted by Gasteiger charge is 2.28. The number of aromatic nitrogens is 4. The van der Waals surface area contributed by atoms with Crippen molar-refractivity contribution in [3.05, 3.63) is 40.5 Å². The largest absolute Gasteiger partial charge is 0.462 e. The van der Waals surface area contributed by atoms with Gasteiger partial charge in [-0.15, -0.1) is 16.4 Å². The quantitative estimate of drug-likeness (QED) is 0.438. The van der Waals surface area contributed by atoms with Gasteiger partial charge in [-0.25, -0.2) is 9.78 Å². The lowest BCUT2D eigenvalue weighted by Gasteiger charge is -2.07. The summed E-state index contributed by atoms with van der Waals surface area (Å²) < 4.78 is 5.19. The molecule has 0 radical (unpaired) electrons. The highest BCUT2D eigenvalue weighted by atomic mass is 32.2. The number of H-pyrrole nitrogens is 1. The molecule has 0 aliphatic heterocycles. The van der Waals surface area contributed by atoms with E-state index < -0.39 is 0 Å². The van der Waals surface area contributed by atoms with E-state index in [4.69, 9.17) is 4.74 Å². The first-order valence-corrected chi connectivity index (χ1v) is 11.0. The molecule has 0 bridgehead atoms. The summed E-state index contributed by atoms with van der Waals surface area (Å²) in [4.78, 5) is 34.4. The number of thiophene rings is 1. The van der Waals surface area contributed by atoms with E-state index in [1.54, 1.807) is 19.3 Å². The molecule has 0 unspecified atom stereocenters. The number of carbonyl (C=O) groups is 2. The number of pyridine rings is 1. The van der Waals surface area contributed by atoms with Gasteiger partial charge < -0.3 is 10.1 Å². The first-order valence-electron chi connectivity index (χ1n) is 9.22. The minimum atomic E-state index is -0.370. The van der Waals surface area contributed by atoms with E-state index in [2.05, 4.69) is 25.5 Å². The third kappa shape index (κ3) is 4.33. The van der Waals surface area contributed by atoms with Gasteiger partial charge in [0, 0.05) is 22.8 Å². The van der Waals surface area contributed by atoms with E-state index in [9.17, 15) is 9.59 Å². The Morgan fingerprint density at radius 3 is 2.93 bits per heavy atom. The number of nitrogens with one attached hydrogen (secondary N) is 2. The number of carbonyl (C=O) groups excluding carboxylic acids is 2. The molecule has 3 heterocycles. The van der Waals surface area contributed by atoms with Crippen molar-refractivity contribution in [2.24, 2.45) is 0 Å². The van der Waals surface area contributed by atoms with Gasteiger partial charge in [0.1, 0.15) is 5.00 Å². The van der Waals surface area contributed by atoms with Crippen molar-refractivity contribution in [3.63, 3.8) is 0 Å². The molecule has 1 aliphatic rings. The van der Waals surface area contributed by atoms with Crippen molar-refractivity contribution in [1.29, 1.82) is 0 Å². The van der Waals surface area contributed by atoms with Crippen LogP contribution in [0.2, 0.25) is 0 Å². The van der Waals surface area contributed by atoms with Gasteiger partial charge in [0.15, 0.2) is 5.82 Å². The predicted octanol–water partition coefficient (Wildman–Crippen LogP) is 3.32. The fourth-order valence-electron chi connectivity index (χ4n) is 3.15. The van der Waals surface area contributed by atoms with Crippen molar-refractivity contribution < 1.29 is 14.3 Å². The number of nitrogens with zero attached hydrogens (tertiary/aromatic N) is 3. The summed E-state index contributed by atoms with van der Waals surface area (Å²) in [5, 5.41) is 10.9. The van der Waals surface area contributed by atoms with Crippen LogP contribution in [0.25, 0.3) is 11.4 Å². The molecule has 3 aromatic heterocycles. The Balaban J connectivity index is 1.41. The zero-order valence-electron chi connectivity index (χ0n) is 15.7. The molecule has 150 valence electrons. The zero-order chi connectivity index (χ0) is 20.2. The van der Waals surface area contributed by atoms with Crippen LogP contribution in [0.5, 0.6) is 0 Å². The maximum Gasteiger partial charge on any atom is 0.341 e. The van der Waals surface area contributed by atoms with E-state index in [-0.39, 0.29) is 17.6 Å². The summed E-state index contributed by atoms with van der Waals surface area (Å²) in [6.45, 7) is 2.08. The predicted molar refractivity (Wildman–Crippen MR) is 111 cm³/mol. The van der Waals surface area contributed by atoms with Crippen molar-refractivity contribution in [3.8, 4) is 11.4 Å². The van der Waals surface area contributed by atoms with Crippen molar-refractivity contribution >= 4 is 40.0 Å². The number of ether oxygens (including phenoxy) is 1. The molecule has 1 amide bonds. The van der Waals surface area contributed by atoms with Crippen LogP contribution in [0.4, 0.5) is 5.00 Å². The lowest BCUT2D eigenvalue weighted by Crippen LogP contribution is -2.16. The molecule has 0 spiro atoms. The molecular formula is C19H19N5O3S2. The van der Waals surface area contributed by atoms with Gasteiger partial charge in [0.2, 0.25) is 11.1 Å². The van der Waals surface area contributed by atoms with E-state index in [1.165, 1.54) is 23.1 Å². The summed E-state index contributed by atoms with van der Waals surface area (Å²) in [5.74, 6) is 0.175. The van der Waals surface area contributed by atoms with Crippen molar-refractivity contribution in [1.82, 2.24) is 20.2 Å². The van der Waals surface area contributed by atoms with Crippen molar-refractivity contribution in [2.45, 2.75) is 31.3 Å². The smallest absolute Gasteiger partial charge is 0.341 e. The first kappa shape index (κ1) is 19.6. The van der Waals surface area contributed by atoms with Gasteiger partial charge in [-0.05, 0) is 43.9 Å². The number of fused-ring (bicyclic) bond motifs is 1. The maximum atomic E-state index is 12.5. The topological polar surface area (TPSA) is 110 Å². The van der Waals surface area contributed by atoms with E-state index in [0.717, 1.165) is 35.3 Å². The van der Waals surface area contributed by atoms with Gasteiger partial charge in [0.25, 0.3) is 0 Å². The van der Waals surface area contributed by atoms with Crippen LogP contribution in [-0.4, -0.2) is 44.4 Å². The minimum absolute atomic E-state index is 0.137. The molecule has 4 rings (SSSR count). The summed E-state index contributed by atoms with van der Waals surface area (Å²) in [6, 6.07) is 3.66. The van der Waals surface area contributed by atoms with Gasteiger partial charge in [-0.2, -0.15) is 0 Å². The number of aryl methyl sites for hydroxylation is 1. The first-order chi connectivity index (χ1) is 14.2. The number of hydrogen-bond acceptors (Lipinski definition) is 8. The van der Waals surface area contributed by atoms with Crippen LogP contribution < -0.4 is 5.32 Å². The molecule has 0 aromatic carbocycles. The molecule has 0 saturated heterocycles. The molecule has 0 fully saturated rings. The number of anilines is 1. The van der Waals surface area contributed by atoms with E-state index in [0.29, 0.717) is 28.2 Å². The van der Waals surface area contributed by atoms with Gasteiger partial charge in [0.05, 0.1) is 17.9 Å². The monoisotopic (exact) mass is 429 g/mol. The lowest BCUT2D eigenvalue weighted by molar-refractivity contribution is -0.113. The second kappa shape index (κ2) is 8.75. The minimum Gasteiger partial charge on any atom is -0.462 e. The molecule has 0 saturated carbocycles. The Hall–Kier alpha value is -2.72. The Morgan fingerprint density at radius 1 is 1.31 bits per heavy atom. The molecular weight excluding hydrogens is 410 g/mol. The fourth-order valence-corrected chi connectivity index (χ4v) is 5.05. The Labute approximate surface area is 175 Å². The van der Waals surface area contributed by atoms with E-state index in [1.807, 2.05) is 12.1 Å². The fraction of sp³-hybridized carbons (Fsp3) is 0.316. The molecule has 8 nitrogen and oxygen atoms in total. The Bertz CT molecular complexity index is 1030. The highest BCUT2D eigenvalue weighted by molar-refractivity contribution is 7.99. The second-order valence-electron chi connectivity index (χ2n) is 6.32. The number of thioether (sulfide) groups is 1. The summed E-state index contributed by atoms with van der Waals surface area (Å²) in [7, 11) is 0. The molecule has 2 N–H and O–H groups in total. The van der Waals surface area contributed by atoms with Crippen LogP contribution in [-0.2, 0) is 22.4 Å². The van der Waals surface area contributed by atoms with Crippen LogP contribution in [0.3, 0.4) is 0 Å². The number of aromatic amines is 1. The third-order valence-electron chi connectivity index (χ3n) is 4.40. The molecule has 29 heavy (non-hydrogen) atoms. The number of rotatable bonds is 7. The Kier molecular flexibility index (Phi) is 5.91. The second-order valence-corrected chi connectivity index (χ2v) is 8.37. The van der Waals surface area contributed by atoms with Crippen LogP contribution in [0.1, 0.15) is 34.1 Å². The third-order valence-corrected chi connectivity index (χ3v) is 6.46. The highest BCUT2D eigenvalue weighted by Crippen LogP contribution is 2.39. The summed E-state index contributed by atoms with van der Waals surface area (Å²) >= 11 is 2.69. The normalized spacial score (nSPS) is 12.6. The molecule has 3 aromatic rings.